The van der Waals surface area contributed by atoms with E-state index in [1.165, 1.54) is 25.3 Å². The molecule has 88 valence electrons. The van der Waals surface area contributed by atoms with Crippen LogP contribution in [0.3, 0.4) is 0 Å². The monoisotopic (exact) mass is 289 g/mol. The van der Waals surface area contributed by atoms with E-state index in [4.69, 9.17) is 4.74 Å². The summed E-state index contributed by atoms with van der Waals surface area (Å²) >= 11 is 3.26. The van der Waals surface area contributed by atoms with E-state index in [1.54, 1.807) is 0 Å². The molecule has 3 nitrogen and oxygen atoms in total. The number of carbonyl (C=O) groups is 1. The van der Waals surface area contributed by atoms with Crippen molar-refractivity contribution in [1.29, 1.82) is 0 Å². The minimum atomic E-state index is -0.532. The molecule has 16 heavy (non-hydrogen) atoms. The number of alkyl halides is 1. The molecule has 5 heteroatoms. The van der Waals surface area contributed by atoms with Crippen molar-refractivity contribution in [2.45, 2.75) is 6.42 Å². The van der Waals surface area contributed by atoms with Gasteiger partial charge in [0.15, 0.2) is 11.6 Å². The lowest BCUT2D eigenvalue weighted by atomic mass is 10.2. The molecule has 0 aliphatic heterocycles. The van der Waals surface area contributed by atoms with Crippen molar-refractivity contribution >= 4 is 21.8 Å². The Morgan fingerprint density at radius 2 is 2.31 bits per heavy atom. The summed E-state index contributed by atoms with van der Waals surface area (Å²) in [7, 11) is 1.38. The summed E-state index contributed by atoms with van der Waals surface area (Å²) in [4.78, 5) is 11.5. The molecule has 0 spiro atoms. The number of ether oxygens (including phenoxy) is 1. The van der Waals surface area contributed by atoms with Gasteiger partial charge in [0.05, 0.1) is 7.11 Å². The van der Waals surface area contributed by atoms with Gasteiger partial charge in [-0.1, -0.05) is 15.9 Å². The lowest BCUT2D eigenvalue weighted by Gasteiger charge is -2.06. The topological polar surface area (TPSA) is 38.3 Å². The molecule has 0 bridgehead atoms. The molecule has 0 unspecified atom stereocenters. The fourth-order valence-corrected chi connectivity index (χ4v) is 1.46. The first-order valence-electron chi connectivity index (χ1n) is 4.86. The summed E-state index contributed by atoms with van der Waals surface area (Å²) in [6, 6.07) is 4.14. The zero-order valence-electron chi connectivity index (χ0n) is 8.93. The fraction of sp³-hybridized carbons (Fsp3) is 0.364. The summed E-state index contributed by atoms with van der Waals surface area (Å²) in [6.07, 6.45) is 0.838. The van der Waals surface area contributed by atoms with E-state index in [9.17, 15) is 9.18 Å². The Hall–Kier alpha value is -1.10. The summed E-state index contributed by atoms with van der Waals surface area (Å²) in [5.74, 6) is -0.671. The number of hydrogen-bond acceptors (Lipinski definition) is 2. The molecule has 1 N–H and O–H groups in total. The zero-order valence-corrected chi connectivity index (χ0v) is 10.5. The van der Waals surface area contributed by atoms with Gasteiger partial charge < -0.3 is 10.1 Å². The summed E-state index contributed by atoms with van der Waals surface area (Å²) in [6.45, 7) is 0.567. The summed E-state index contributed by atoms with van der Waals surface area (Å²) in [5.41, 5.74) is 0.299. The molecule has 0 fully saturated rings. The van der Waals surface area contributed by atoms with Gasteiger partial charge in [0.1, 0.15) is 0 Å². The molecule has 0 aliphatic carbocycles. The quantitative estimate of drug-likeness (QED) is 0.668. The molecule has 1 aromatic rings. The lowest BCUT2D eigenvalue weighted by Crippen LogP contribution is -2.24. The molecular weight excluding hydrogens is 277 g/mol. The fourth-order valence-electron chi connectivity index (χ4n) is 1.18. The third-order valence-electron chi connectivity index (χ3n) is 2.01. The Morgan fingerprint density at radius 1 is 1.56 bits per heavy atom. The minimum Gasteiger partial charge on any atom is -0.494 e. The van der Waals surface area contributed by atoms with Crippen LogP contribution >= 0.6 is 15.9 Å². The highest BCUT2D eigenvalue weighted by atomic mass is 79.9. The smallest absolute Gasteiger partial charge is 0.251 e. The van der Waals surface area contributed by atoms with Gasteiger partial charge in [0.2, 0.25) is 0 Å². The van der Waals surface area contributed by atoms with Crippen molar-refractivity contribution < 1.29 is 13.9 Å². The average molecular weight is 290 g/mol. The van der Waals surface area contributed by atoms with Crippen LogP contribution in [0.1, 0.15) is 16.8 Å². The largest absolute Gasteiger partial charge is 0.494 e. The molecule has 1 rings (SSSR count). The minimum absolute atomic E-state index is 0.136. The Morgan fingerprint density at radius 3 is 2.88 bits per heavy atom. The number of rotatable bonds is 5. The van der Waals surface area contributed by atoms with Gasteiger partial charge in [-0.2, -0.15) is 0 Å². The van der Waals surface area contributed by atoms with Crippen LogP contribution in [0.5, 0.6) is 5.75 Å². The van der Waals surface area contributed by atoms with Crippen molar-refractivity contribution in [3.63, 3.8) is 0 Å². The maximum atomic E-state index is 13.3. The number of carbonyl (C=O) groups excluding carboxylic acids is 1. The predicted molar refractivity (Wildman–Crippen MR) is 63.7 cm³/mol. The van der Waals surface area contributed by atoms with E-state index in [-0.39, 0.29) is 11.7 Å². The number of methoxy groups -OCH3 is 1. The van der Waals surface area contributed by atoms with E-state index < -0.39 is 5.82 Å². The second-order valence-electron chi connectivity index (χ2n) is 3.15. The highest BCUT2D eigenvalue weighted by Crippen LogP contribution is 2.17. The van der Waals surface area contributed by atoms with Gasteiger partial charge in [-0.15, -0.1) is 0 Å². The Bertz CT molecular complexity index is 371. The van der Waals surface area contributed by atoms with Crippen molar-refractivity contribution in [3.8, 4) is 5.75 Å². The normalized spacial score (nSPS) is 9.94. The van der Waals surface area contributed by atoms with Gasteiger partial charge in [-0.05, 0) is 24.6 Å². The van der Waals surface area contributed by atoms with Crippen LogP contribution in [-0.4, -0.2) is 24.9 Å². The van der Waals surface area contributed by atoms with Gasteiger partial charge in [0.25, 0.3) is 5.91 Å². The van der Waals surface area contributed by atoms with E-state index in [0.717, 1.165) is 11.8 Å². The first kappa shape index (κ1) is 13.0. The Labute approximate surface area is 102 Å². The standard InChI is InChI=1S/C11H13BrFNO2/c1-16-10-4-3-8(7-9(10)13)11(15)14-6-2-5-12/h3-4,7H,2,5-6H2,1H3,(H,14,15). The molecule has 1 aromatic carbocycles. The van der Waals surface area contributed by atoms with Crippen molar-refractivity contribution in [1.82, 2.24) is 5.32 Å². The molecule has 0 radical (unpaired) electrons. The van der Waals surface area contributed by atoms with E-state index >= 15 is 0 Å². The second kappa shape index (κ2) is 6.48. The molecule has 0 saturated carbocycles. The first-order valence-corrected chi connectivity index (χ1v) is 5.99. The van der Waals surface area contributed by atoms with Gasteiger partial charge in [-0.3, -0.25) is 4.79 Å². The zero-order chi connectivity index (χ0) is 12.0. The maximum absolute atomic E-state index is 13.3. The maximum Gasteiger partial charge on any atom is 0.251 e. The Balaban J connectivity index is 2.66. The molecular formula is C11H13BrFNO2. The van der Waals surface area contributed by atoms with E-state index in [2.05, 4.69) is 21.2 Å². The first-order chi connectivity index (χ1) is 7.69. The van der Waals surface area contributed by atoms with Crippen LogP contribution < -0.4 is 10.1 Å². The average Bonchev–Trinajstić information content (AvgIpc) is 2.29. The van der Waals surface area contributed by atoms with E-state index in [0.29, 0.717) is 12.1 Å². The van der Waals surface area contributed by atoms with Gasteiger partial charge in [0, 0.05) is 17.4 Å². The Kier molecular flexibility index (Phi) is 5.25. The van der Waals surface area contributed by atoms with Crippen molar-refractivity contribution in [3.05, 3.63) is 29.6 Å². The van der Waals surface area contributed by atoms with Gasteiger partial charge in [-0.25, -0.2) is 4.39 Å². The highest BCUT2D eigenvalue weighted by Gasteiger charge is 2.09. The van der Waals surface area contributed by atoms with Crippen LogP contribution in [-0.2, 0) is 0 Å². The molecule has 0 aliphatic rings. The second-order valence-corrected chi connectivity index (χ2v) is 3.94. The number of benzene rings is 1. The van der Waals surface area contributed by atoms with Crippen LogP contribution in [0.2, 0.25) is 0 Å². The molecule has 0 aromatic heterocycles. The molecule has 1 amide bonds. The van der Waals surface area contributed by atoms with Crippen LogP contribution in [0.25, 0.3) is 0 Å². The third-order valence-corrected chi connectivity index (χ3v) is 2.57. The van der Waals surface area contributed by atoms with Crippen LogP contribution in [0, 0.1) is 5.82 Å². The number of amides is 1. The van der Waals surface area contributed by atoms with E-state index in [1.807, 2.05) is 0 Å². The summed E-state index contributed by atoms with van der Waals surface area (Å²) < 4.78 is 18.1. The van der Waals surface area contributed by atoms with Crippen LogP contribution in [0.15, 0.2) is 18.2 Å². The number of hydrogen-bond donors (Lipinski definition) is 1. The lowest BCUT2D eigenvalue weighted by molar-refractivity contribution is 0.0953. The third kappa shape index (κ3) is 3.48. The SMILES string of the molecule is COc1ccc(C(=O)NCCCBr)cc1F. The van der Waals surface area contributed by atoms with Crippen molar-refractivity contribution in [2.75, 3.05) is 19.0 Å². The van der Waals surface area contributed by atoms with Gasteiger partial charge >= 0.3 is 0 Å². The number of halogens is 2. The number of nitrogens with one attached hydrogen (secondary N) is 1. The predicted octanol–water partition coefficient (Wildman–Crippen LogP) is 2.35. The molecule has 0 atom stereocenters. The molecule has 0 heterocycles. The summed E-state index contributed by atoms with van der Waals surface area (Å²) in [5, 5.41) is 3.51. The van der Waals surface area contributed by atoms with Crippen LogP contribution in [0.4, 0.5) is 4.39 Å². The molecule has 0 saturated heterocycles. The highest BCUT2D eigenvalue weighted by molar-refractivity contribution is 9.09. The van der Waals surface area contributed by atoms with Crippen molar-refractivity contribution in [2.24, 2.45) is 0 Å².